The van der Waals surface area contributed by atoms with Gasteiger partial charge in [0.05, 0.1) is 6.26 Å². The Bertz CT molecular complexity index is 816. The zero-order chi connectivity index (χ0) is 16.3. The fourth-order valence-corrected chi connectivity index (χ4v) is 2.72. The number of aliphatic hydroxyl groups is 2. The predicted octanol–water partition coefficient (Wildman–Crippen LogP) is -3.61. The molecule has 0 aromatic carbocycles. The Kier molecular flexibility index (Phi) is 3.28. The number of sulfonamides is 1. The Morgan fingerprint density at radius 3 is 2.68 bits per heavy atom. The van der Waals surface area contributed by atoms with E-state index in [-0.39, 0.29) is 0 Å². The van der Waals surface area contributed by atoms with Crippen LogP contribution in [0.3, 0.4) is 0 Å². The van der Waals surface area contributed by atoms with Crippen LogP contribution < -0.4 is 16.1 Å². The van der Waals surface area contributed by atoms with E-state index in [0.717, 1.165) is 23.1 Å². The second-order valence-electron chi connectivity index (χ2n) is 5.19. The van der Waals surface area contributed by atoms with Crippen molar-refractivity contribution >= 4 is 10.0 Å². The first-order valence-corrected chi connectivity index (χ1v) is 8.03. The van der Waals surface area contributed by atoms with Gasteiger partial charge in [0, 0.05) is 12.3 Å². The summed E-state index contributed by atoms with van der Waals surface area (Å²) in [5.41, 5.74) is -3.28. The summed E-state index contributed by atoms with van der Waals surface area (Å²) in [6.07, 6.45) is -2.92. The molecule has 2 aliphatic rings. The Hall–Kier alpha value is -1.57. The average Bonchev–Trinajstić information content (AvgIpc) is 2.88. The number of H-pyrrole nitrogens is 1. The molecule has 0 bridgehead atoms. The molecule has 1 aromatic rings. The van der Waals surface area contributed by atoms with E-state index >= 15 is 0 Å². The van der Waals surface area contributed by atoms with Crippen LogP contribution in [-0.2, 0) is 19.6 Å². The molecule has 11 nitrogen and oxygen atoms in total. The monoisotopic (exact) mass is 335 g/mol. The summed E-state index contributed by atoms with van der Waals surface area (Å²) < 4.78 is 28.1. The van der Waals surface area contributed by atoms with Crippen molar-refractivity contribution in [3.8, 4) is 0 Å². The third-order valence-electron chi connectivity index (χ3n) is 3.56. The summed E-state index contributed by atoms with van der Waals surface area (Å²) in [4.78, 5) is 31.1. The predicted molar refractivity (Wildman–Crippen MR) is 69.0 cm³/mol. The molecule has 5 atom stereocenters. The molecule has 1 aliphatic heterocycles. The van der Waals surface area contributed by atoms with Crippen molar-refractivity contribution in [2.45, 2.75) is 30.1 Å². The summed E-state index contributed by atoms with van der Waals surface area (Å²) in [5, 5.41) is 20.4. The molecule has 22 heavy (non-hydrogen) atoms. The molecule has 3 rings (SSSR count). The molecule has 2 heterocycles. The van der Waals surface area contributed by atoms with Gasteiger partial charge in [-0.25, -0.2) is 13.2 Å². The number of nitrogens with zero attached hydrogens (tertiary/aromatic N) is 1. The molecule has 0 spiro atoms. The Labute approximate surface area is 123 Å². The number of aromatic nitrogens is 2. The van der Waals surface area contributed by atoms with Crippen molar-refractivity contribution in [3.05, 3.63) is 33.1 Å². The van der Waals surface area contributed by atoms with Crippen LogP contribution in [-0.4, -0.2) is 58.4 Å². The average molecular weight is 335 g/mol. The molecule has 1 saturated heterocycles. The Balaban J connectivity index is 1.77. The lowest BCUT2D eigenvalue weighted by Crippen LogP contribution is -2.43. The highest BCUT2D eigenvalue weighted by Crippen LogP contribution is 2.54. The topological polar surface area (TPSA) is 160 Å². The molecular formula is C10H13N3O8S. The summed E-state index contributed by atoms with van der Waals surface area (Å²) >= 11 is 0. The van der Waals surface area contributed by atoms with Crippen molar-refractivity contribution in [3.63, 3.8) is 0 Å². The minimum Gasteiger partial charge on any atom is -0.385 e. The van der Waals surface area contributed by atoms with Gasteiger partial charge in [0.2, 0.25) is 10.0 Å². The largest absolute Gasteiger partial charge is 0.385 e. The molecule has 0 radical (unpaired) electrons. The second-order valence-corrected chi connectivity index (χ2v) is 6.90. The number of aliphatic hydroxyl groups excluding tert-OH is 1. The van der Waals surface area contributed by atoms with Crippen molar-refractivity contribution in [2.75, 3.05) is 6.26 Å². The van der Waals surface area contributed by atoms with Gasteiger partial charge >= 0.3 is 5.69 Å². The van der Waals surface area contributed by atoms with Crippen LogP contribution in [0.5, 0.6) is 0 Å². The van der Waals surface area contributed by atoms with Crippen LogP contribution in [0, 0.1) is 0 Å². The van der Waals surface area contributed by atoms with Crippen molar-refractivity contribution in [1.29, 1.82) is 0 Å². The quantitative estimate of drug-likeness (QED) is 0.410. The SMILES string of the molecule is CS(=O)(=O)NOC1[C@H]2O[C@@H](n3ccc(=O)[nH]c3=O)[C@H](O)[C@@]12O. The molecule has 12 heteroatoms. The number of nitrogens with one attached hydrogen (secondary N) is 2. The zero-order valence-electron chi connectivity index (χ0n) is 11.2. The molecule has 2 fully saturated rings. The van der Waals surface area contributed by atoms with Crippen molar-refractivity contribution in [2.24, 2.45) is 0 Å². The number of rotatable bonds is 4. The number of ether oxygens (including phenoxy) is 1. The summed E-state index contributed by atoms with van der Waals surface area (Å²) in [6.45, 7) is 0. The van der Waals surface area contributed by atoms with Crippen LogP contribution in [0.1, 0.15) is 6.23 Å². The number of aromatic amines is 1. The van der Waals surface area contributed by atoms with Gasteiger partial charge in [-0.3, -0.25) is 19.2 Å². The van der Waals surface area contributed by atoms with Gasteiger partial charge in [0.1, 0.15) is 18.3 Å². The lowest BCUT2D eigenvalue weighted by molar-refractivity contribution is -0.118. The Morgan fingerprint density at radius 1 is 1.50 bits per heavy atom. The number of fused-ring (bicyclic) bond motifs is 1. The third-order valence-corrected chi connectivity index (χ3v) is 3.96. The first kappa shape index (κ1) is 15.3. The van der Waals surface area contributed by atoms with E-state index in [4.69, 9.17) is 9.57 Å². The van der Waals surface area contributed by atoms with Crippen molar-refractivity contribution in [1.82, 2.24) is 14.4 Å². The highest BCUT2D eigenvalue weighted by Gasteiger charge is 2.78. The summed E-state index contributed by atoms with van der Waals surface area (Å²) in [6, 6.07) is 1.06. The van der Waals surface area contributed by atoms with E-state index in [9.17, 15) is 28.2 Å². The summed E-state index contributed by atoms with van der Waals surface area (Å²) in [5.74, 6) is 0. The van der Waals surface area contributed by atoms with Crippen LogP contribution in [0.25, 0.3) is 0 Å². The van der Waals surface area contributed by atoms with E-state index in [1.807, 2.05) is 4.98 Å². The standard InChI is InChI=1S/C10H13N3O8S/c1-22(18,19)12-21-7-6-10(7,17)5(15)8(20-6)13-3-2-4(14)11-9(13)16/h2-3,5-8,12,15,17H,1H3,(H,11,14,16)/t5-,6+,7?,8+,10-/m0/s1. The van der Waals surface area contributed by atoms with E-state index in [2.05, 4.69) is 0 Å². The van der Waals surface area contributed by atoms with Gasteiger partial charge in [-0.05, 0) is 0 Å². The van der Waals surface area contributed by atoms with E-state index in [0.29, 0.717) is 0 Å². The molecular weight excluding hydrogens is 322 g/mol. The zero-order valence-corrected chi connectivity index (χ0v) is 12.0. The van der Waals surface area contributed by atoms with Crippen LogP contribution >= 0.6 is 0 Å². The van der Waals surface area contributed by atoms with E-state index in [1.54, 1.807) is 4.89 Å². The molecule has 1 aliphatic carbocycles. The minimum atomic E-state index is -3.65. The van der Waals surface area contributed by atoms with Crippen LogP contribution in [0.15, 0.2) is 21.9 Å². The molecule has 0 amide bonds. The fraction of sp³-hybridized carbons (Fsp3) is 0.600. The van der Waals surface area contributed by atoms with Gasteiger partial charge in [-0.2, -0.15) is 0 Å². The van der Waals surface area contributed by atoms with Gasteiger partial charge in [0.25, 0.3) is 5.56 Å². The number of hydrogen-bond acceptors (Lipinski definition) is 8. The maximum Gasteiger partial charge on any atom is 0.330 e. The lowest BCUT2D eigenvalue weighted by atomic mass is 10.1. The van der Waals surface area contributed by atoms with Gasteiger partial charge < -0.3 is 14.9 Å². The fourth-order valence-electron chi connectivity index (χ4n) is 2.44. The first-order valence-electron chi connectivity index (χ1n) is 6.14. The minimum absolute atomic E-state index is 0.615. The first-order chi connectivity index (χ1) is 10.1. The summed E-state index contributed by atoms with van der Waals surface area (Å²) in [7, 11) is -3.65. The van der Waals surface area contributed by atoms with Crippen molar-refractivity contribution < 1.29 is 28.2 Å². The molecule has 1 saturated carbocycles. The maximum absolute atomic E-state index is 11.6. The number of hydrogen-bond donors (Lipinski definition) is 4. The smallest absolute Gasteiger partial charge is 0.330 e. The van der Waals surface area contributed by atoms with E-state index < -0.39 is 51.4 Å². The Morgan fingerprint density at radius 2 is 2.18 bits per heavy atom. The van der Waals surface area contributed by atoms with Gasteiger partial charge in [0.15, 0.2) is 11.8 Å². The van der Waals surface area contributed by atoms with Crippen LogP contribution in [0.2, 0.25) is 0 Å². The van der Waals surface area contributed by atoms with Crippen LogP contribution in [0.4, 0.5) is 0 Å². The van der Waals surface area contributed by atoms with Gasteiger partial charge in [-0.15, -0.1) is 0 Å². The highest BCUT2D eigenvalue weighted by atomic mass is 32.2. The molecule has 4 N–H and O–H groups in total. The normalized spacial score (nSPS) is 37.0. The maximum atomic E-state index is 11.6. The molecule has 1 aromatic heterocycles. The molecule has 1 unspecified atom stereocenters. The molecule has 122 valence electrons. The third kappa shape index (κ3) is 2.29. The second kappa shape index (κ2) is 4.71. The lowest BCUT2D eigenvalue weighted by Gasteiger charge is -2.23. The van der Waals surface area contributed by atoms with E-state index in [1.165, 1.54) is 0 Å². The van der Waals surface area contributed by atoms with Gasteiger partial charge in [-0.1, -0.05) is 4.89 Å². The highest BCUT2D eigenvalue weighted by molar-refractivity contribution is 7.88.